The molecule has 1 nitrogen and oxygen atoms in total. The van der Waals surface area contributed by atoms with Crippen molar-refractivity contribution in [3.63, 3.8) is 0 Å². The molecule has 0 heterocycles. The molecule has 2 aromatic carbocycles. The lowest BCUT2D eigenvalue weighted by atomic mass is 9.84. The highest BCUT2D eigenvalue weighted by atomic mass is 16.5. The molecule has 2 aromatic rings. The summed E-state index contributed by atoms with van der Waals surface area (Å²) in [5.74, 6) is 0.990. The molecule has 0 bridgehead atoms. The monoisotopic (exact) mass is 338 g/mol. The number of benzene rings is 2. The summed E-state index contributed by atoms with van der Waals surface area (Å²) in [6, 6.07) is 15.6. The summed E-state index contributed by atoms with van der Waals surface area (Å²) in [6.45, 7) is 16.4. The molecule has 0 saturated heterocycles. The van der Waals surface area contributed by atoms with Gasteiger partial charge >= 0.3 is 0 Å². The van der Waals surface area contributed by atoms with Crippen molar-refractivity contribution in [2.24, 2.45) is 0 Å². The molecule has 0 saturated carbocycles. The van der Waals surface area contributed by atoms with E-state index in [1.807, 2.05) is 0 Å². The molecule has 0 N–H and O–H groups in total. The van der Waals surface area contributed by atoms with Gasteiger partial charge in [0.1, 0.15) is 5.75 Å². The van der Waals surface area contributed by atoms with Crippen LogP contribution in [0.2, 0.25) is 0 Å². The smallest absolute Gasteiger partial charge is 0.119 e. The highest BCUT2D eigenvalue weighted by molar-refractivity contribution is 5.38. The van der Waals surface area contributed by atoms with Crippen LogP contribution in [0.3, 0.4) is 0 Å². The summed E-state index contributed by atoms with van der Waals surface area (Å²) in [6.07, 6.45) is 2.10. The molecule has 2 rings (SSSR count). The first kappa shape index (κ1) is 19.6. The van der Waals surface area contributed by atoms with Gasteiger partial charge in [-0.25, -0.2) is 0 Å². The van der Waals surface area contributed by atoms with Crippen molar-refractivity contribution in [1.29, 1.82) is 0 Å². The SMILES string of the molecule is CCc1cc(OCC(C)(C)c2cccc(CC)c2)cc(C(C)(C)C)c1. The fraction of sp³-hybridized carbons (Fsp3) is 0.500. The zero-order chi connectivity index (χ0) is 18.7. The molecule has 0 unspecified atom stereocenters. The zero-order valence-electron chi connectivity index (χ0n) is 17.1. The van der Waals surface area contributed by atoms with Crippen LogP contribution in [0.1, 0.15) is 70.7 Å². The summed E-state index contributed by atoms with van der Waals surface area (Å²) < 4.78 is 6.28. The topological polar surface area (TPSA) is 9.23 Å². The van der Waals surface area contributed by atoms with Gasteiger partial charge in [-0.1, -0.05) is 78.8 Å². The van der Waals surface area contributed by atoms with Crippen LogP contribution >= 0.6 is 0 Å². The summed E-state index contributed by atoms with van der Waals surface area (Å²) >= 11 is 0. The van der Waals surface area contributed by atoms with E-state index in [-0.39, 0.29) is 10.8 Å². The van der Waals surface area contributed by atoms with Crippen molar-refractivity contribution in [2.75, 3.05) is 6.61 Å². The molecule has 1 heteroatoms. The largest absolute Gasteiger partial charge is 0.493 e. The van der Waals surface area contributed by atoms with E-state index in [2.05, 4.69) is 90.9 Å². The highest BCUT2D eigenvalue weighted by Crippen LogP contribution is 2.30. The van der Waals surface area contributed by atoms with Crippen LogP contribution in [0.5, 0.6) is 5.75 Å². The lowest BCUT2D eigenvalue weighted by Gasteiger charge is -2.27. The van der Waals surface area contributed by atoms with E-state index in [0.717, 1.165) is 18.6 Å². The Hall–Kier alpha value is -1.76. The van der Waals surface area contributed by atoms with Crippen LogP contribution in [0.4, 0.5) is 0 Å². The average Bonchev–Trinajstić information content (AvgIpc) is 2.59. The minimum absolute atomic E-state index is 0.0186. The van der Waals surface area contributed by atoms with Gasteiger partial charge in [-0.2, -0.15) is 0 Å². The maximum atomic E-state index is 6.28. The number of hydrogen-bond acceptors (Lipinski definition) is 1. The van der Waals surface area contributed by atoms with E-state index in [1.54, 1.807) is 0 Å². The van der Waals surface area contributed by atoms with Gasteiger partial charge in [0.2, 0.25) is 0 Å². The molecule has 0 spiro atoms. The molecule has 0 radical (unpaired) electrons. The van der Waals surface area contributed by atoms with Crippen LogP contribution < -0.4 is 4.74 Å². The van der Waals surface area contributed by atoms with Crippen molar-refractivity contribution in [1.82, 2.24) is 0 Å². The molecule has 0 atom stereocenters. The molecule has 25 heavy (non-hydrogen) atoms. The molecule has 0 aliphatic rings. The van der Waals surface area contributed by atoms with Gasteiger partial charge in [0.15, 0.2) is 0 Å². The van der Waals surface area contributed by atoms with Crippen molar-refractivity contribution in [3.05, 3.63) is 64.7 Å². The first-order valence-corrected chi connectivity index (χ1v) is 9.52. The van der Waals surface area contributed by atoms with Gasteiger partial charge in [-0.05, 0) is 52.6 Å². The van der Waals surface area contributed by atoms with Crippen molar-refractivity contribution in [2.45, 2.75) is 72.1 Å². The number of aryl methyl sites for hydroxylation is 2. The summed E-state index contributed by atoms with van der Waals surface area (Å²) in [4.78, 5) is 0. The van der Waals surface area contributed by atoms with E-state index in [0.29, 0.717) is 6.61 Å². The maximum Gasteiger partial charge on any atom is 0.119 e. The second-order valence-electron chi connectivity index (χ2n) is 8.70. The molecule has 0 aliphatic carbocycles. The van der Waals surface area contributed by atoms with E-state index in [1.165, 1.54) is 22.3 Å². The lowest BCUT2D eigenvalue weighted by Crippen LogP contribution is -2.26. The Labute approximate surface area is 154 Å². The van der Waals surface area contributed by atoms with Crippen LogP contribution in [0, 0.1) is 0 Å². The highest BCUT2D eigenvalue weighted by Gasteiger charge is 2.23. The molecule has 0 fully saturated rings. The van der Waals surface area contributed by atoms with Gasteiger partial charge in [0, 0.05) is 5.41 Å². The van der Waals surface area contributed by atoms with Gasteiger partial charge in [0.25, 0.3) is 0 Å². The van der Waals surface area contributed by atoms with Gasteiger partial charge < -0.3 is 4.74 Å². The molecule has 0 aliphatic heterocycles. The van der Waals surface area contributed by atoms with Gasteiger partial charge in [-0.15, -0.1) is 0 Å². The Morgan fingerprint density at radius 1 is 0.760 bits per heavy atom. The van der Waals surface area contributed by atoms with E-state index in [4.69, 9.17) is 4.74 Å². The Kier molecular flexibility index (Phi) is 5.98. The van der Waals surface area contributed by atoms with Crippen LogP contribution in [0.15, 0.2) is 42.5 Å². The third kappa shape index (κ3) is 5.11. The third-order valence-electron chi connectivity index (χ3n) is 4.96. The van der Waals surface area contributed by atoms with Crippen molar-refractivity contribution >= 4 is 0 Å². The second kappa shape index (κ2) is 7.64. The summed E-state index contributed by atoms with van der Waals surface area (Å²) in [7, 11) is 0. The van der Waals surface area contributed by atoms with Gasteiger partial charge in [0.05, 0.1) is 6.61 Å². The number of hydrogen-bond donors (Lipinski definition) is 0. The normalized spacial score (nSPS) is 12.3. The van der Waals surface area contributed by atoms with E-state index < -0.39 is 0 Å². The Balaban J connectivity index is 2.21. The number of rotatable bonds is 6. The Morgan fingerprint density at radius 2 is 1.40 bits per heavy atom. The van der Waals surface area contributed by atoms with Crippen molar-refractivity contribution < 1.29 is 4.74 Å². The minimum Gasteiger partial charge on any atom is -0.493 e. The predicted octanol–water partition coefficient (Wildman–Crippen LogP) is 6.47. The van der Waals surface area contributed by atoms with Crippen LogP contribution in [0.25, 0.3) is 0 Å². The molecule has 0 aromatic heterocycles. The maximum absolute atomic E-state index is 6.28. The zero-order valence-corrected chi connectivity index (χ0v) is 17.1. The predicted molar refractivity (Wildman–Crippen MR) is 109 cm³/mol. The summed E-state index contributed by atoms with van der Waals surface area (Å²) in [5.41, 5.74) is 5.52. The molecular formula is C24H34O. The average molecular weight is 339 g/mol. The molecule has 136 valence electrons. The minimum atomic E-state index is -0.0186. The molecular weight excluding hydrogens is 304 g/mol. The Bertz CT molecular complexity index is 704. The lowest BCUT2D eigenvalue weighted by molar-refractivity contribution is 0.240. The van der Waals surface area contributed by atoms with Crippen LogP contribution in [-0.4, -0.2) is 6.61 Å². The first-order valence-electron chi connectivity index (χ1n) is 9.52. The van der Waals surface area contributed by atoms with Crippen LogP contribution in [-0.2, 0) is 23.7 Å². The third-order valence-corrected chi connectivity index (χ3v) is 4.96. The number of ether oxygens (including phenoxy) is 1. The fourth-order valence-electron chi connectivity index (χ4n) is 2.94. The first-order chi connectivity index (χ1) is 11.7. The quantitative estimate of drug-likeness (QED) is 0.587. The summed E-state index contributed by atoms with van der Waals surface area (Å²) in [5, 5.41) is 0. The standard InChI is InChI=1S/C24H34O/c1-8-18-11-10-12-20(13-18)24(6,7)17-25-22-15-19(9-2)14-21(16-22)23(3,4)5/h10-16H,8-9,17H2,1-7H3. The fourth-order valence-corrected chi connectivity index (χ4v) is 2.94. The Morgan fingerprint density at radius 3 is 2.00 bits per heavy atom. The van der Waals surface area contributed by atoms with E-state index in [9.17, 15) is 0 Å². The van der Waals surface area contributed by atoms with E-state index >= 15 is 0 Å². The second-order valence-corrected chi connectivity index (χ2v) is 8.70. The molecule has 0 amide bonds. The van der Waals surface area contributed by atoms with Crippen molar-refractivity contribution in [3.8, 4) is 5.75 Å². The van der Waals surface area contributed by atoms with Gasteiger partial charge in [-0.3, -0.25) is 0 Å².